The SMILES string of the molecule is OCC1=C[C@H](O)[C@@]2(O[C@H]3O[C@@H](CO)[C@H](O)[C@@H](O)[C@@H]3O)C=CO[C@H](O[C@@H]3O[C@H](CO)[C@H](O)[C@@H](O)[C@@H]3O)[C@H]12. The van der Waals surface area contributed by atoms with E-state index in [0.29, 0.717) is 0 Å². The minimum atomic E-state index is -1.83. The van der Waals surface area contributed by atoms with E-state index in [9.17, 15) is 51.1 Å². The van der Waals surface area contributed by atoms with Crippen molar-refractivity contribution in [3.05, 3.63) is 24.0 Å². The molecule has 0 radical (unpaired) electrons. The Morgan fingerprint density at radius 1 is 0.722 bits per heavy atom. The van der Waals surface area contributed by atoms with Gasteiger partial charge in [0.25, 0.3) is 0 Å². The van der Waals surface area contributed by atoms with Gasteiger partial charge in [0, 0.05) is 0 Å². The Morgan fingerprint density at radius 3 is 1.83 bits per heavy atom. The van der Waals surface area contributed by atoms with E-state index in [1.165, 1.54) is 12.2 Å². The zero-order chi connectivity index (χ0) is 26.4. The molecule has 0 unspecified atom stereocenters. The second-order valence-corrected chi connectivity index (χ2v) is 9.13. The highest BCUT2D eigenvalue weighted by Crippen LogP contribution is 2.47. The quantitative estimate of drug-likeness (QED) is 0.139. The summed E-state index contributed by atoms with van der Waals surface area (Å²) in [6.07, 6.45) is -15.6. The van der Waals surface area contributed by atoms with Crippen LogP contribution in [0.4, 0.5) is 0 Å². The van der Waals surface area contributed by atoms with Crippen molar-refractivity contribution in [2.45, 2.75) is 79.4 Å². The first-order valence-corrected chi connectivity index (χ1v) is 11.4. The third kappa shape index (κ3) is 4.59. The highest BCUT2D eigenvalue weighted by molar-refractivity contribution is 5.34. The second kappa shape index (κ2) is 10.8. The number of aliphatic hydroxyl groups excluding tert-OH is 10. The molecule has 2 fully saturated rings. The molecule has 36 heavy (non-hydrogen) atoms. The summed E-state index contributed by atoms with van der Waals surface area (Å²) in [4.78, 5) is 0. The first-order valence-electron chi connectivity index (χ1n) is 11.4. The lowest BCUT2D eigenvalue weighted by Crippen LogP contribution is -2.64. The summed E-state index contributed by atoms with van der Waals surface area (Å²) >= 11 is 0. The average Bonchev–Trinajstić information content (AvgIpc) is 3.16. The minimum Gasteiger partial charge on any atom is -0.472 e. The molecule has 15 nitrogen and oxygen atoms in total. The van der Waals surface area contributed by atoms with Crippen LogP contribution < -0.4 is 0 Å². The molecule has 0 spiro atoms. The summed E-state index contributed by atoms with van der Waals surface area (Å²) < 4.78 is 27.9. The van der Waals surface area contributed by atoms with Crippen LogP contribution in [0.1, 0.15) is 0 Å². The summed E-state index contributed by atoms with van der Waals surface area (Å²) in [6.45, 7) is -2.02. The maximum absolute atomic E-state index is 10.9. The molecule has 0 aromatic rings. The van der Waals surface area contributed by atoms with E-state index in [1.54, 1.807) is 0 Å². The molecule has 206 valence electrons. The zero-order valence-electron chi connectivity index (χ0n) is 18.9. The molecule has 0 amide bonds. The van der Waals surface area contributed by atoms with Crippen LogP contribution in [0.15, 0.2) is 24.0 Å². The van der Waals surface area contributed by atoms with Gasteiger partial charge in [-0.15, -0.1) is 0 Å². The fraction of sp³-hybridized carbons (Fsp3) is 0.810. The Labute approximate surface area is 204 Å². The summed E-state index contributed by atoms with van der Waals surface area (Å²) in [5.41, 5.74) is -1.67. The molecule has 0 aromatic carbocycles. The number of ether oxygens (including phenoxy) is 5. The molecule has 0 bridgehead atoms. The molecule has 14 atom stereocenters. The maximum atomic E-state index is 10.9. The van der Waals surface area contributed by atoms with Crippen molar-refractivity contribution in [3.63, 3.8) is 0 Å². The van der Waals surface area contributed by atoms with Crippen molar-refractivity contribution < 1.29 is 74.7 Å². The van der Waals surface area contributed by atoms with Gasteiger partial charge in [-0.3, -0.25) is 0 Å². The van der Waals surface area contributed by atoms with Gasteiger partial charge in [0.05, 0.1) is 32.0 Å². The van der Waals surface area contributed by atoms with Crippen molar-refractivity contribution in [3.8, 4) is 0 Å². The van der Waals surface area contributed by atoms with E-state index in [0.717, 1.165) is 6.26 Å². The largest absolute Gasteiger partial charge is 0.472 e. The van der Waals surface area contributed by atoms with Crippen LogP contribution in [0.25, 0.3) is 0 Å². The Bertz CT molecular complexity index is 819. The standard InChI is InChI=1S/C21H32O15/c22-4-7-3-10(25)21(36-20-17(31)15(29)13(27)9(6-24)34-20)1-2-32-18(11(7)21)35-19-16(30)14(28)12(26)8(5-23)33-19/h1-3,8-20,22-31H,4-6H2/t8-,9+,10+,11+,12+,13+,14-,15-,16+,17+,18-,19+,20-,21+/m1/s1. The predicted molar refractivity (Wildman–Crippen MR) is 111 cm³/mol. The van der Waals surface area contributed by atoms with Crippen LogP contribution in [-0.2, 0) is 23.7 Å². The molecule has 0 aromatic heterocycles. The monoisotopic (exact) mass is 524 g/mol. The first-order chi connectivity index (χ1) is 17.1. The first kappa shape index (κ1) is 27.7. The van der Waals surface area contributed by atoms with Crippen molar-refractivity contribution in [2.24, 2.45) is 5.92 Å². The number of hydrogen-bond donors (Lipinski definition) is 10. The molecule has 4 aliphatic rings. The molecule has 15 heteroatoms. The molecule has 0 saturated carbocycles. The topological polar surface area (TPSA) is 248 Å². The van der Waals surface area contributed by atoms with Crippen molar-refractivity contribution in [2.75, 3.05) is 19.8 Å². The zero-order valence-corrected chi connectivity index (χ0v) is 18.9. The van der Waals surface area contributed by atoms with E-state index in [1.807, 2.05) is 0 Å². The molecule has 2 saturated heterocycles. The Hall–Kier alpha value is -1.28. The predicted octanol–water partition coefficient (Wildman–Crippen LogP) is -5.86. The Balaban J connectivity index is 1.60. The van der Waals surface area contributed by atoms with Crippen LogP contribution in [-0.4, -0.2) is 150 Å². The Morgan fingerprint density at radius 2 is 1.28 bits per heavy atom. The normalized spacial score (nSPS) is 50.9. The smallest absolute Gasteiger partial charge is 0.211 e. The number of hydrogen-bond acceptors (Lipinski definition) is 15. The molecule has 10 N–H and O–H groups in total. The van der Waals surface area contributed by atoms with E-state index in [2.05, 4.69) is 0 Å². The van der Waals surface area contributed by atoms with Gasteiger partial charge in [-0.25, -0.2) is 0 Å². The van der Waals surface area contributed by atoms with Gasteiger partial charge in [0.2, 0.25) is 6.29 Å². The van der Waals surface area contributed by atoms with Crippen LogP contribution >= 0.6 is 0 Å². The molecular formula is C21H32O15. The van der Waals surface area contributed by atoms with Crippen LogP contribution in [0.5, 0.6) is 0 Å². The third-order valence-corrected chi connectivity index (χ3v) is 7.00. The average molecular weight is 524 g/mol. The summed E-state index contributed by atoms with van der Waals surface area (Å²) in [5.74, 6) is -1.16. The molecule has 3 heterocycles. The van der Waals surface area contributed by atoms with E-state index >= 15 is 0 Å². The van der Waals surface area contributed by atoms with Gasteiger partial charge in [0.1, 0.15) is 60.5 Å². The Kier molecular flexibility index (Phi) is 8.35. The van der Waals surface area contributed by atoms with Gasteiger partial charge in [0.15, 0.2) is 12.6 Å². The molecule has 1 aliphatic carbocycles. The highest BCUT2D eigenvalue weighted by Gasteiger charge is 2.60. The number of fused-ring (bicyclic) bond motifs is 1. The molecule has 4 rings (SSSR count). The van der Waals surface area contributed by atoms with Gasteiger partial charge in [-0.1, -0.05) is 6.08 Å². The molecule has 3 aliphatic heterocycles. The van der Waals surface area contributed by atoms with E-state index < -0.39 is 105 Å². The second-order valence-electron chi connectivity index (χ2n) is 9.13. The summed E-state index contributed by atoms with van der Waals surface area (Å²) in [7, 11) is 0. The minimum absolute atomic E-state index is 0.158. The summed E-state index contributed by atoms with van der Waals surface area (Å²) in [5, 5.41) is 101. The van der Waals surface area contributed by atoms with Crippen molar-refractivity contribution in [1.29, 1.82) is 0 Å². The fourth-order valence-electron chi connectivity index (χ4n) is 4.92. The van der Waals surface area contributed by atoms with Gasteiger partial charge in [-0.05, 0) is 11.6 Å². The lowest BCUT2D eigenvalue weighted by atomic mass is 9.82. The lowest BCUT2D eigenvalue weighted by Gasteiger charge is -2.48. The van der Waals surface area contributed by atoms with Gasteiger partial charge >= 0.3 is 0 Å². The van der Waals surface area contributed by atoms with Crippen LogP contribution in [0.2, 0.25) is 0 Å². The third-order valence-electron chi connectivity index (χ3n) is 7.00. The summed E-state index contributed by atoms with van der Waals surface area (Å²) in [6, 6.07) is 0. The van der Waals surface area contributed by atoms with Crippen LogP contribution in [0, 0.1) is 5.92 Å². The maximum Gasteiger partial charge on any atom is 0.211 e. The van der Waals surface area contributed by atoms with Crippen molar-refractivity contribution >= 4 is 0 Å². The highest BCUT2D eigenvalue weighted by atomic mass is 16.8. The fourth-order valence-corrected chi connectivity index (χ4v) is 4.92. The van der Waals surface area contributed by atoms with Gasteiger partial charge in [-0.2, -0.15) is 0 Å². The van der Waals surface area contributed by atoms with Crippen molar-refractivity contribution in [1.82, 2.24) is 0 Å². The van der Waals surface area contributed by atoms with E-state index in [4.69, 9.17) is 23.7 Å². The van der Waals surface area contributed by atoms with E-state index in [-0.39, 0.29) is 5.57 Å². The van der Waals surface area contributed by atoms with Gasteiger partial charge < -0.3 is 74.7 Å². The lowest BCUT2D eigenvalue weighted by molar-refractivity contribution is -0.362. The van der Waals surface area contributed by atoms with Crippen LogP contribution in [0.3, 0.4) is 0 Å². The molecular weight excluding hydrogens is 492 g/mol. The number of aliphatic hydroxyl groups is 10. The number of rotatable bonds is 7.